The van der Waals surface area contributed by atoms with E-state index in [-0.39, 0.29) is 6.10 Å². The Labute approximate surface area is 149 Å². The van der Waals surface area contributed by atoms with Gasteiger partial charge in [-0.3, -0.25) is 4.90 Å². The van der Waals surface area contributed by atoms with Gasteiger partial charge in [-0.1, -0.05) is 11.6 Å². The van der Waals surface area contributed by atoms with Crippen molar-refractivity contribution in [1.82, 2.24) is 9.88 Å². The molecule has 2 aliphatic rings. The van der Waals surface area contributed by atoms with Crippen LogP contribution in [0.1, 0.15) is 24.0 Å². The molecule has 0 spiro atoms. The lowest BCUT2D eigenvalue weighted by Crippen LogP contribution is -2.40. The van der Waals surface area contributed by atoms with Crippen LogP contribution in [0.25, 0.3) is 10.9 Å². The largest absolute Gasteiger partial charge is 0.391 e. The van der Waals surface area contributed by atoms with E-state index < -0.39 is 0 Å². The number of aromatic nitrogens is 1. The van der Waals surface area contributed by atoms with Crippen molar-refractivity contribution in [3.8, 4) is 0 Å². The predicted octanol–water partition coefficient (Wildman–Crippen LogP) is 2.34. The summed E-state index contributed by atoms with van der Waals surface area (Å²) in [7, 11) is 0. The number of morpholine rings is 1. The minimum absolute atomic E-state index is 0.250. The molecule has 2 aromatic rings. The molecule has 2 aliphatic heterocycles. The molecule has 25 heavy (non-hydrogen) atoms. The Morgan fingerprint density at radius 1 is 1.20 bits per heavy atom. The number of ether oxygens (including phenoxy) is 1. The number of aryl methyl sites for hydroxylation is 1. The van der Waals surface area contributed by atoms with Crippen LogP contribution in [0.4, 0.5) is 5.82 Å². The first-order chi connectivity index (χ1) is 12.2. The Kier molecular flexibility index (Phi) is 4.88. The highest BCUT2D eigenvalue weighted by atomic mass is 16.5. The molecule has 0 aliphatic carbocycles. The van der Waals surface area contributed by atoms with Gasteiger partial charge in [-0.15, -0.1) is 0 Å². The molecule has 3 heterocycles. The second-order valence-corrected chi connectivity index (χ2v) is 7.30. The maximum absolute atomic E-state index is 10.1. The fourth-order valence-corrected chi connectivity index (χ4v) is 3.87. The molecule has 0 amide bonds. The second kappa shape index (κ2) is 7.28. The molecule has 1 atom stereocenters. The number of β-amino-alcohol motifs (C(OH)–C–C–N with tert-alkyl or cyclic N) is 1. The molecular formula is C20H27N3O2. The summed E-state index contributed by atoms with van der Waals surface area (Å²) in [4.78, 5) is 9.70. The highest BCUT2D eigenvalue weighted by Crippen LogP contribution is 2.28. The second-order valence-electron chi connectivity index (χ2n) is 7.30. The molecule has 1 aromatic carbocycles. The van der Waals surface area contributed by atoms with Gasteiger partial charge in [-0.05, 0) is 38.0 Å². The van der Waals surface area contributed by atoms with E-state index in [1.54, 1.807) is 0 Å². The molecule has 4 rings (SSSR count). The summed E-state index contributed by atoms with van der Waals surface area (Å²) in [5.74, 6) is 1.04. The van der Waals surface area contributed by atoms with E-state index in [0.717, 1.165) is 63.6 Å². The third kappa shape index (κ3) is 3.78. The predicted molar refractivity (Wildman–Crippen MR) is 100 cm³/mol. The first kappa shape index (κ1) is 16.8. The van der Waals surface area contributed by atoms with E-state index in [1.165, 1.54) is 16.5 Å². The van der Waals surface area contributed by atoms with Crippen LogP contribution in [0.5, 0.6) is 0 Å². The summed E-state index contributed by atoms with van der Waals surface area (Å²) >= 11 is 0. The summed E-state index contributed by atoms with van der Waals surface area (Å²) in [6.07, 6.45) is 1.66. The lowest BCUT2D eigenvalue weighted by Gasteiger charge is -2.34. The fraction of sp³-hybridized carbons (Fsp3) is 0.550. The van der Waals surface area contributed by atoms with Crippen LogP contribution in [-0.2, 0) is 11.3 Å². The van der Waals surface area contributed by atoms with E-state index in [1.807, 2.05) is 0 Å². The number of aliphatic hydroxyl groups is 1. The molecule has 1 N–H and O–H groups in total. The van der Waals surface area contributed by atoms with Crippen molar-refractivity contribution in [3.05, 3.63) is 35.4 Å². The Morgan fingerprint density at radius 3 is 2.84 bits per heavy atom. The quantitative estimate of drug-likeness (QED) is 0.929. The topological polar surface area (TPSA) is 48.8 Å². The third-order valence-electron chi connectivity index (χ3n) is 5.22. The third-order valence-corrected chi connectivity index (χ3v) is 5.22. The van der Waals surface area contributed by atoms with Crippen molar-refractivity contribution >= 4 is 16.7 Å². The highest BCUT2D eigenvalue weighted by molar-refractivity contribution is 5.82. The van der Waals surface area contributed by atoms with E-state index in [9.17, 15) is 5.11 Å². The van der Waals surface area contributed by atoms with E-state index in [0.29, 0.717) is 6.54 Å². The summed E-state index contributed by atoms with van der Waals surface area (Å²) in [6.45, 7) is 8.20. The molecule has 1 aromatic heterocycles. The van der Waals surface area contributed by atoms with Crippen molar-refractivity contribution < 1.29 is 9.84 Å². The molecule has 5 nitrogen and oxygen atoms in total. The number of hydrogen-bond acceptors (Lipinski definition) is 5. The normalized spacial score (nSPS) is 22.5. The SMILES string of the molecule is Cc1ccc2nc(N3CCC[C@H](O)C3)c(CN3CCOCC3)cc2c1. The van der Waals surface area contributed by atoms with Crippen molar-refractivity contribution in [1.29, 1.82) is 0 Å². The smallest absolute Gasteiger partial charge is 0.133 e. The molecule has 2 saturated heterocycles. The van der Waals surface area contributed by atoms with Crippen molar-refractivity contribution in [2.75, 3.05) is 44.3 Å². The number of piperidine rings is 1. The van der Waals surface area contributed by atoms with Gasteiger partial charge in [0.2, 0.25) is 0 Å². The van der Waals surface area contributed by atoms with Crippen LogP contribution in [-0.4, -0.2) is 60.5 Å². The van der Waals surface area contributed by atoms with Crippen molar-refractivity contribution in [2.24, 2.45) is 0 Å². The molecule has 2 fully saturated rings. The number of anilines is 1. The van der Waals surface area contributed by atoms with Gasteiger partial charge in [0.05, 0.1) is 24.8 Å². The maximum Gasteiger partial charge on any atom is 0.133 e. The van der Waals surface area contributed by atoms with Crippen LogP contribution in [0, 0.1) is 6.92 Å². The zero-order valence-corrected chi connectivity index (χ0v) is 14.9. The maximum atomic E-state index is 10.1. The lowest BCUT2D eigenvalue weighted by molar-refractivity contribution is 0.0342. The lowest BCUT2D eigenvalue weighted by atomic mass is 10.1. The Balaban J connectivity index is 1.71. The first-order valence-electron chi connectivity index (χ1n) is 9.32. The zero-order valence-electron chi connectivity index (χ0n) is 14.9. The van der Waals surface area contributed by atoms with E-state index in [2.05, 4.69) is 41.0 Å². The van der Waals surface area contributed by atoms with Crippen molar-refractivity contribution in [3.63, 3.8) is 0 Å². The monoisotopic (exact) mass is 341 g/mol. The number of pyridine rings is 1. The number of benzene rings is 1. The van der Waals surface area contributed by atoms with Crippen LogP contribution < -0.4 is 4.90 Å². The zero-order chi connectivity index (χ0) is 17.2. The average Bonchev–Trinajstić information content (AvgIpc) is 2.62. The number of aliphatic hydroxyl groups excluding tert-OH is 1. The number of hydrogen-bond donors (Lipinski definition) is 1. The van der Waals surface area contributed by atoms with Crippen molar-refractivity contribution in [2.45, 2.75) is 32.4 Å². The van der Waals surface area contributed by atoms with Crippen LogP contribution in [0.2, 0.25) is 0 Å². The molecule has 0 saturated carbocycles. The van der Waals surface area contributed by atoms with Gasteiger partial charge in [-0.25, -0.2) is 4.98 Å². The standard InChI is InChI=1S/C20H27N3O2/c1-15-4-5-19-16(11-15)12-17(13-22-7-9-25-10-8-22)20(21-19)23-6-2-3-18(24)14-23/h4-5,11-12,18,24H,2-3,6-10,13-14H2,1H3/t18-/m0/s1. The van der Waals surface area contributed by atoms with Gasteiger partial charge >= 0.3 is 0 Å². The first-order valence-corrected chi connectivity index (χ1v) is 9.32. The Hall–Kier alpha value is -1.69. The summed E-state index contributed by atoms with van der Waals surface area (Å²) in [5, 5.41) is 11.3. The van der Waals surface area contributed by atoms with Crippen LogP contribution in [0.15, 0.2) is 24.3 Å². The summed E-state index contributed by atoms with van der Waals surface area (Å²) in [5.41, 5.74) is 3.55. The van der Waals surface area contributed by atoms with Crippen LogP contribution in [0.3, 0.4) is 0 Å². The Morgan fingerprint density at radius 2 is 2.04 bits per heavy atom. The Bertz CT molecular complexity index is 743. The van der Waals surface area contributed by atoms with Gasteiger partial charge in [0.15, 0.2) is 0 Å². The van der Waals surface area contributed by atoms with E-state index >= 15 is 0 Å². The van der Waals surface area contributed by atoms with Gasteiger partial charge < -0.3 is 14.7 Å². The summed E-state index contributed by atoms with van der Waals surface area (Å²) < 4.78 is 5.48. The number of fused-ring (bicyclic) bond motifs is 1. The van der Waals surface area contributed by atoms with Crippen LogP contribution >= 0.6 is 0 Å². The van der Waals surface area contributed by atoms with Gasteiger partial charge in [0.25, 0.3) is 0 Å². The summed E-state index contributed by atoms with van der Waals surface area (Å²) in [6, 6.07) is 8.72. The fourth-order valence-electron chi connectivity index (χ4n) is 3.87. The minimum atomic E-state index is -0.250. The highest BCUT2D eigenvalue weighted by Gasteiger charge is 2.23. The molecule has 0 radical (unpaired) electrons. The minimum Gasteiger partial charge on any atom is -0.391 e. The number of nitrogens with zero attached hydrogens (tertiary/aromatic N) is 3. The van der Waals surface area contributed by atoms with E-state index in [4.69, 9.17) is 9.72 Å². The molecule has 0 unspecified atom stereocenters. The molecular weight excluding hydrogens is 314 g/mol. The van der Waals surface area contributed by atoms with Gasteiger partial charge in [0, 0.05) is 43.7 Å². The number of rotatable bonds is 3. The molecule has 5 heteroatoms. The average molecular weight is 341 g/mol. The molecule has 134 valence electrons. The van der Waals surface area contributed by atoms with Gasteiger partial charge in [0.1, 0.15) is 5.82 Å². The van der Waals surface area contributed by atoms with Gasteiger partial charge in [-0.2, -0.15) is 0 Å². The molecule has 0 bridgehead atoms.